The van der Waals surface area contributed by atoms with Crippen molar-refractivity contribution in [2.45, 2.75) is 37.7 Å². The number of aliphatic hydroxyl groups excluding tert-OH is 2. The number of nitrogens with zero attached hydrogens (tertiary/aromatic N) is 1. The van der Waals surface area contributed by atoms with Crippen molar-refractivity contribution in [2.75, 3.05) is 45.9 Å². The number of rotatable bonds is 7. The standard InChI is InChI=1S/C21H33N3O3/c25-15-16-4-3-11-24(13-16)14-18(26)12-23-21(27)20-6-2-1-5-19(20)17-7-9-22-10-8-17/h1-2,5-6,16-18,22,25-26H,3-4,7-15H2,(H,23,27)/t16?,18-/m1/s1. The lowest BCUT2D eigenvalue weighted by atomic mass is 9.87. The first-order valence-corrected chi connectivity index (χ1v) is 10.3. The Morgan fingerprint density at radius 2 is 2.04 bits per heavy atom. The van der Waals surface area contributed by atoms with Gasteiger partial charge in [0.2, 0.25) is 0 Å². The summed E-state index contributed by atoms with van der Waals surface area (Å²) in [7, 11) is 0. The van der Waals surface area contributed by atoms with Crippen LogP contribution in [0.4, 0.5) is 0 Å². The molecule has 2 atom stereocenters. The predicted molar refractivity (Wildman–Crippen MR) is 106 cm³/mol. The van der Waals surface area contributed by atoms with E-state index in [0.717, 1.165) is 63.0 Å². The van der Waals surface area contributed by atoms with Gasteiger partial charge in [0.05, 0.1) is 6.10 Å². The van der Waals surface area contributed by atoms with Crippen LogP contribution in [0.3, 0.4) is 0 Å². The molecule has 1 aromatic rings. The molecular weight excluding hydrogens is 342 g/mol. The van der Waals surface area contributed by atoms with E-state index in [4.69, 9.17) is 0 Å². The summed E-state index contributed by atoms with van der Waals surface area (Å²) in [5.74, 6) is 0.620. The van der Waals surface area contributed by atoms with Crippen LogP contribution in [0.25, 0.3) is 0 Å². The zero-order chi connectivity index (χ0) is 19.1. The van der Waals surface area contributed by atoms with Crippen molar-refractivity contribution in [1.82, 2.24) is 15.5 Å². The highest BCUT2D eigenvalue weighted by Crippen LogP contribution is 2.28. The van der Waals surface area contributed by atoms with Crippen molar-refractivity contribution in [3.05, 3.63) is 35.4 Å². The van der Waals surface area contributed by atoms with E-state index in [1.807, 2.05) is 18.2 Å². The van der Waals surface area contributed by atoms with E-state index in [2.05, 4.69) is 21.6 Å². The van der Waals surface area contributed by atoms with Gasteiger partial charge in [-0.25, -0.2) is 0 Å². The Kier molecular flexibility index (Phi) is 7.64. The monoisotopic (exact) mass is 375 g/mol. The third-order valence-electron chi connectivity index (χ3n) is 5.81. The zero-order valence-electron chi connectivity index (χ0n) is 16.1. The highest BCUT2D eigenvalue weighted by Gasteiger charge is 2.23. The Labute approximate surface area is 162 Å². The number of β-amino-alcohol motifs (C(OH)–C–C–N with tert-alkyl or cyclic N) is 1. The summed E-state index contributed by atoms with van der Waals surface area (Å²) in [4.78, 5) is 14.9. The predicted octanol–water partition coefficient (Wildman–Crippen LogP) is 0.949. The number of likely N-dealkylation sites (tertiary alicyclic amines) is 1. The number of amides is 1. The number of benzene rings is 1. The molecule has 6 heteroatoms. The number of aliphatic hydroxyl groups is 2. The minimum Gasteiger partial charge on any atom is -0.396 e. The van der Waals surface area contributed by atoms with Crippen molar-refractivity contribution >= 4 is 5.91 Å². The van der Waals surface area contributed by atoms with Crippen molar-refractivity contribution in [3.8, 4) is 0 Å². The van der Waals surface area contributed by atoms with E-state index in [1.54, 1.807) is 0 Å². The zero-order valence-corrected chi connectivity index (χ0v) is 16.1. The molecule has 0 aliphatic carbocycles. The van der Waals surface area contributed by atoms with E-state index in [9.17, 15) is 15.0 Å². The number of carbonyl (C=O) groups is 1. The number of piperidine rings is 2. The van der Waals surface area contributed by atoms with Gasteiger partial charge < -0.3 is 25.7 Å². The maximum Gasteiger partial charge on any atom is 0.251 e. The molecule has 150 valence electrons. The molecule has 2 heterocycles. The minimum absolute atomic E-state index is 0.102. The molecule has 2 aliphatic heterocycles. The molecule has 0 radical (unpaired) electrons. The third-order valence-corrected chi connectivity index (χ3v) is 5.81. The molecule has 4 N–H and O–H groups in total. The molecule has 2 fully saturated rings. The Morgan fingerprint density at radius 3 is 2.81 bits per heavy atom. The first-order chi connectivity index (χ1) is 13.2. The molecule has 27 heavy (non-hydrogen) atoms. The number of carbonyl (C=O) groups excluding carboxylic acids is 1. The van der Waals surface area contributed by atoms with Gasteiger partial charge in [0, 0.05) is 31.8 Å². The van der Waals surface area contributed by atoms with Crippen LogP contribution in [0, 0.1) is 5.92 Å². The maximum atomic E-state index is 12.7. The summed E-state index contributed by atoms with van der Waals surface area (Å²) in [5.41, 5.74) is 1.85. The molecule has 0 aromatic heterocycles. The fourth-order valence-corrected chi connectivity index (χ4v) is 4.33. The highest BCUT2D eigenvalue weighted by molar-refractivity contribution is 5.95. The summed E-state index contributed by atoms with van der Waals surface area (Å²) in [5, 5.41) is 26.0. The van der Waals surface area contributed by atoms with Crippen LogP contribution in [-0.2, 0) is 0 Å². The Morgan fingerprint density at radius 1 is 1.26 bits per heavy atom. The summed E-state index contributed by atoms with van der Waals surface area (Å²) in [6.45, 7) is 4.73. The van der Waals surface area contributed by atoms with Gasteiger partial charge >= 0.3 is 0 Å². The van der Waals surface area contributed by atoms with Gasteiger partial charge in [-0.15, -0.1) is 0 Å². The lowest BCUT2D eigenvalue weighted by Gasteiger charge is -2.33. The highest BCUT2D eigenvalue weighted by atomic mass is 16.3. The fraction of sp³-hybridized carbons (Fsp3) is 0.667. The summed E-state index contributed by atoms with van der Waals surface area (Å²) in [6.07, 6.45) is 3.60. The van der Waals surface area contributed by atoms with Gasteiger partial charge in [-0.2, -0.15) is 0 Å². The van der Waals surface area contributed by atoms with Crippen LogP contribution in [0.5, 0.6) is 0 Å². The lowest BCUT2D eigenvalue weighted by molar-refractivity contribution is 0.0647. The van der Waals surface area contributed by atoms with Crippen LogP contribution in [0.1, 0.15) is 47.5 Å². The molecule has 2 aliphatic rings. The first-order valence-electron chi connectivity index (χ1n) is 10.3. The quantitative estimate of drug-likeness (QED) is 0.570. The molecule has 1 amide bonds. The van der Waals surface area contributed by atoms with Gasteiger partial charge in [-0.1, -0.05) is 18.2 Å². The van der Waals surface area contributed by atoms with Crippen LogP contribution < -0.4 is 10.6 Å². The molecule has 1 aromatic carbocycles. The molecule has 2 saturated heterocycles. The minimum atomic E-state index is -0.600. The average Bonchev–Trinajstić information content (AvgIpc) is 2.73. The van der Waals surface area contributed by atoms with Crippen molar-refractivity contribution in [1.29, 1.82) is 0 Å². The molecule has 3 rings (SSSR count). The van der Waals surface area contributed by atoms with E-state index in [-0.39, 0.29) is 19.1 Å². The van der Waals surface area contributed by atoms with Gasteiger partial charge in [-0.05, 0) is 68.8 Å². The Balaban J connectivity index is 1.51. The van der Waals surface area contributed by atoms with Crippen molar-refractivity contribution in [3.63, 3.8) is 0 Å². The molecule has 0 saturated carbocycles. The third kappa shape index (κ3) is 5.75. The van der Waals surface area contributed by atoms with Crippen LogP contribution >= 0.6 is 0 Å². The smallest absolute Gasteiger partial charge is 0.251 e. The number of nitrogens with one attached hydrogen (secondary N) is 2. The molecule has 0 bridgehead atoms. The van der Waals surface area contributed by atoms with Crippen LogP contribution in [0.2, 0.25) is 0 Å². The number of hydrogen-bond acceptors (Lipinski definition) is 5. The van der Waals surface area contributed by atoms with Gasteiger partial charge in [0.25, 0.3) is 5.91 Å². The van der Waals surface area contributed by atoms with Crippen LogP contribution in [0.15, 0.2) is 24.3 Å². The molecule has 6 nitrogen and oxygen atoms in total. The lowest BCUT2D eigenvalue weighted by Crippen LogP contribution is -2.44. The molecule has 0 spiro atoms. The Bertz CT molecular complexity index is 604. The number of hydrogen-bond donors (Lipinski definition) is 4. The topological polar surface area (TPSA) is 84.8 Å². The van der Waals surface area contributed by atoms with E-state index >= 15 is 0 Å². The summed E-state index contributed by atoms with van der Waals surface area (Å²) in [6, 6.07) is 7.84. The SMILES string of the molecule is O=C(NC[C@@H](O)CN1CCCC(CO)C1)c1ccccc1C1CCNCC1. The second kappa shape index (κ2) is 10.2. The molecule has 1 unspecified atom stereocenters. The van der Waals surface area contributed by atoms with Gasteiger partial charge in [0.15, 0.2) is 0 Å². The first kappa shape index (κ1) is 20.3. The summed E-state index contributed by atoms with van der Waals surface area (Å²) < 4.78 is 0. The van der Waals surface area contributed by atoms with Gasteiger partial charge in [-0.3, -0.25) is 4.79 Å². The maximum absolute atomic E-state index is 12.7. The Hall–Kier alpha value is -1.47. The van der Waals surface area contributed by atoms with Crippen LogP contribution in [-0.4, -0.2) is 73.0 Å². The van der Waals surface area contributed by atoms with E-state index < -0.39 is 6.10 Å². The van der Waals surface area contributed by atoms with Crippen molar-refractivity contribution < 1.29 is 15.0 Å². The van der Waals surface area contributed by atoms with Gasteiger partial charge in [0.1, 0.15) is 0 Å². The summed E-state index contributed by atoms with van der Waals surface area (Å²) >= 11 is 0. The van der Waals surface area contributed by atoms with E-state index in [1.165, 1.54) is 0 Å². The largest absolute Gasteiger partial charge is 0.396 e. The fourth-order valence-electron chi connectivity index (χ4n) is 4.33. The normalized spacial score (nSPS) is 23.1. The second-order valence-corrected chi connectivity index (χ2v) is 7.93. The average molecular weight is 376 g/mol. The molecular formula is C21H33N3O3. The second-order valence-electron chi connectivity index (χ2n) is 7.93. The van der Waals surface area contributed by atoms with E-state index in [0.29, 0.717) is 18.4 Å². The van der Waals surface area contributed by atoms with Crippen molar-refractivity contribution in [2.24, 2.45) is 5.92 Å².